The molecule has 1 fully saturated rings. The molecule has 2 heteroatoms. The minimum atomic E-state index is 0.967. The van der Waals surface area contributed by atoms with Crippen molar-refractivity contribution in [3.05, 3.63) is 65.7 Å². The number of benzene rings is 2. The quantitative estimate of drug-likeness (QED) is 0.702. The van der Waals surface area contributed by atoms with Gasteiger partial charge in [0.1, 0.15) is 5.84 Å². The van der Waals surface area contributed by atoms with E-state index in [1.165, 1.54) is 42.6 Å². The minimum Gasteiger partial charge on any atom is -0.356 e. The monoisotopic (exact) mass is 306 g/mol. The third-order valence-electron chi connectivity index (χ3n) is 4.42. The second kappa shape index (κ2) is 7.96. The first-order chi connectivity index (χ1) is 11.3. The van der Waals surface area contributed by atoms with Crippen molar-refractivity contribution in [2.24, 2.45) is 4.99 Å². The molecule has 23 heavy (non-hydrogen) atoms. The average Bonchev–Trinajstić information content (AvgIpc) is 3.02. The van der Waals surface area contributed by atoms with E-state index in [0.717, 1.165) is 25.2 Å². The lowest BCUT2D eigenvalue weighted by atomic mass is 10.1. The molecule has 2 aromatic carbocycles. The van der Waals surface area contributed by atoms with E-state index in [1.54, 1.807) is 0 Å². The van der Waals surface area contributed by atoms with E-state index in [4.69, 9.17) is 4.99 Å². The number of aryl methyl sites for hydroxylation is 1. The van der Waals surface area contributed by atoms with E-state index in [-0.39, 0.29) is 0 Å². The molecule has 0 radical (unpaired) electrons. The van der Waals surface area contributed by atoms with Gasteiger partial charge in [0.25, 0.3) is 0 Å². The lowest BCUT2D eigenvalue weighted by Gasteiger charge is -2.19. The number of hydrogen-bond donors (Lipinski definition) is 0. The van der Waals surface area contributed by atoms with Crippen LogP contribution in [-0.4, -0.2) is 17.3 Å². The van der Waals surface area contributed by atoms with Crippen LogP contribution in [0.25, 0.3) is 0 Å². The Morgan fingerprint density at radius 2 is 1.74 bits per heavy atom. The number of likely N-dealkylation sites (tertiary alicyclic amines) is 1. The molecule has 0 aliphatic carbocycles. The molecule has 0 amide bonds. The minimum absolute atomic E-state index is 0.967. The summed E-state index contributed by atoms with van der Waals surface area (Å²) >= 11 is 0. The summed E-state index contributed by atoms with van der Waals surface area (Å²) in [6.07, 6.45) is 5.98. The highest BCUT2D eigenvalue weighted by Crippen LogP contribution is 2.21. The lowest BCUT2D eigenvalue weighted by molar-refractivity contribution is 0.448. The fourth-order valence-electron chi connectivity index (χ4n) is 3.08. The van der Waals surface area contributed by atoms with E-state index in [9.17, 15) is 0 Å². The van der Waals surface area contributed by atoms with E-state index in [2.05, 4.69) is 66.4 Å². The maximum absolute atomic E-state index is 4.90. The molecule has 0 aromatic heterocycles. The molecule has 0 spiro atoms. The fraction of sp³-hybridized carbons (Fsp3) is 0.381. The molecule has 0 saturated carbocycles. The number of hydrogen-bond acceptors (Lipinski definition) is 1. The van der Waals surface area contributed by atoms with E-state index < -0.39 is 0 Å². The molecular formula is C21H26N2. The van der Waals surface area contributed by atoms with Gasteiger partial charge in [-0.2, -0.15) is 0 Å². The Kier molecular flexibility index (Phi) is 5.46. The van der Waals surface area contributed by atoms with Crippen LogP contribution in [0.5, 0.6) is 0 Å². The van der Waals surface area contributed by atoms with E-state index in [0.29, 0.717) is 0 Å². The standard InChI is InChI=1S/C21H26N2/c1-2-3-8-18-12-14-20(15-13-18)22-21-11-7-16-23(21)17-19-9-5-4-6-10-19/h4-6,9-10,12-15H,2-3,7-8,11,16-17H2,1H3. The molecule has 0 N–H and O–H groups in total. The molecule has 0 unspecified atom stereocenters. The van der Waals surface area contributed by atoms with Gasteiger partial charge >= 0.3 is 0 Å². The van der Waals surface area contributed by atoms with E-state index >= 15 is 0 Å². The number of amidine groups is 1. The highest BCUT2D eigenvalue weighted by molar-refractivity contribution is 5.86. The molecule has 1 heterocycles. The van der Waals surface area contributed by atoms with Gasteiger partial charge in [0.05, 0.1) is 5.69 Å². The first-order valence-corrected chi connectivity index (χ1v) is 8.80. The van der Waals surface area contributed by atoms with Crippen molar-refractivity contribution in [2.45, 2.75) is 45.6 Å². The van der Waals surface area contributed by atoms with Crippen molar-refractivity contribution in [2.75, 3.05) is 6.54 Å². The van der Waals surface area contributed by atoms with Crippen LogP contribution >= 0.6 is 0 Å². The normalized spacial score (nSPS) is 16.2. The SMILES string of the molecule is CCCCc1ccc(N=C2CCCN2Cc2ccccc2)cc1. The Bertz CT molecular complexity index is 629. The maximum Gasteiger partial charge on any atom is 0.105 e. The van der Waals surface area contributed by atoms with Crippen molar-refractivity contribution in [3.63, 3.8) is 0 Å². The zero-order valence-corrected chi connectivity index (χ0v) is 14.0. The van der Waals surface area contributed by atoms with Crippen LogP contribution in [0.1, 0.15) is 43.7 Å². The highest BCUT2D eigenvalue weighted by atomic mass is 15.2. The van der Waals surface area contributed by atoms with Crippen molar-refractivity contribution in [3.8, 4) is 0 Å². The fourth-order valence-corrected chi connectivity index (χ4v) is 3.08. The molecule has 0 atom stereocenters. The van der Waals surface area contributed by atoms with E-state index in [1.807, 2.05) is 0 Å². The van der Waals surface area contributed by atoms with Crippen LogP contribution in [0.3, 0.4) is 0 Å². The molecule has 2 aromatic rings. The van der Waals surface area contributed by atoms with Gasteiger partial charge in [0.2, 0.25) is 0 Å². The Labute approximate surface area is 139 Å². The number of aliphatic imine (C=N–C) groups is 1. The molecule has 1 aliphatic heterocycles. The molecule has 0 bridgehead atoms. The van der Waals surface area contributed by atoms with Crippen molar-refractivity contribution < 1.29 is 0 Å². The van der Waals surface area contributed by atoms with Crippen LogP contribution in [0, 0.1) is 0 Å². The van der Waals surface area contributed by atoms with Gasteiger partial charge in [-0.05, 0) is 42.5 Å². The van der Waals surface area contributed by atoms with Crippen LogP contribution < -0.4 is 0 Å². The van der Waals surface area contributed by atoms with Gasteiger partial charge in [0, 0.05) is 19.5 Å². The first kappa shape index (κ1) is 15.8. The number of unbranched alkanes of at least 4 members (excludes halogenated alkanes) is 1. The van der Waals surface area contributed by atoms with Gasteiger partial charge < -0.3 is 4.90 Å². The molecule has 1 saturated heterocycles. The highest BCUT2D eigenvalue weighted by Gasteiger charge is 2.18. The van der Waals surface area contributed by atoms with Crippen LogP contribution in [0.15, 0.2) is 59.6 Å². The molecule has 1 aliphatic rings. The Hall–Kier alpha value is -2.09. The summed E-state index contributed by atoms with van der Waals surface area (Å²) in [4.78, 5) is 7.32. The molecule has 3 rings (SSSR count). The molecule has 2 nitrogen and oxygen atoms in total. The maximum atomic E-state index is 4.90. The predicted octanol–water partition coefficient (Wildman–Crippen LogP) is 5.36. The van der Waals surface area contributed by atoms with Crippen LogP contribution in [-0.2, 0) is 13.0 Å². The van der Waals surface area contributed by atoms with Crippen LogP contribution in [0.2, 0.25) is 0 Å². The third kappa shape index (κ3) is 4.44. The summed E-state index contributed by atoms with van der Waals surface area (Å²) in [5, 5.41) is 0. The van der Waals surface area contributed by atoms with Crippen molar-refractivity contribution in [1.82, 2.24) is 4.90 Å². The van der Waals surface area contributed by atoms with Crippen molar-refractivity contribution in [1.29, 1.82) is 0 Å². The summed E-state index contributed by atoms with van der Waals surface area (Å²) in [5.74, 6) is 1.23. The summed E-state index contributed by atoms with van der Waals surface area (Å²) in [7, 11) is 0. The molecule has 120 valence electrons. The van der Waals surface area contributed by atoms with Crippen LogP contribution in [0.4, 0.5) is 5.69 Å². The summed E-state index contributed by atoms with van der Waals surface area (Å²) in [6.45, 7) is 4.32. The van der Waals surface area contributed by atoms with Gasteiger partial charge in [-0.3, -0.25) is 0 Å². The lowest BCUT2D eigenvalue weighted by Crippen LogP contribution is -2.24. The summed E-state index contributed by atoms with van der Waals surface area (Å²) < 4.78 is 0. The predicted molar refractivity (Wildman–Crippen MR) is 98.2 cm³/mol. The Morgan fingerprint density at radius 3 is 2.48 bits per heavy atom. The Balaban J connectivity index is 1.68. The van der Waals surface area contributed by atoms with Gasteiger partial charge in [-0.15, -0.1) is 0 Å². The van der Waals surface area contributed by atoms with Gasteiger partial charge in [-0.25, -0.2) is 4.99 Å². The van der Waals surface area contributed by atoms with Crippen molar-refractivity contribution >= 4 is 11.5 Å². The zero-order valence-electron chi connectivity index (χ0n) is 14.0. The second-order valence-corrected chi connectivity index (χ2v) is 6.31. The number of rotatable bonds is 6. The average molecular weight is 306 g/mol. The summed E-state index contributed by atoms with van der Waals surface area (Å²) in [6, 6.07) is 19.5. The second-order valence-electron chi connectivity index (χ2n) is 6.31. The topological polar surface area (TPSA) is 15.6 Å². The first-order valence-electron chi connectivity index (χ1n) is 8.80. The zero-order chi connectivity index (χ0) is 15.9. The summed E-state index contributed by atoms with van der Waals surface area (Å²) in [5.41, 5.74) is 3.86. The third-order valence-corrected chi connectivity index (χ3v) is 4.42. The molecular weight excluding hydrogens is 280 g/mol. The largest absolute Gasteiger partial charge is 0.356 e. The number of nitrogens with zero attached hydrogens (tertiary/aromatic N) is 2. The smallest absolute Gasteiger partial charge is 0.105 e. The van der Waals surface area contributed by atoms with Gasteiger partial charge in [0.15, 0.2) is 0 Å². The Morgan fingerprint density at radius 1 is 0.957 bits per heavy atom. The van der Waals surface area contributed by atoms with Gasteiger partial charge in [-0.1, -0.05) is 55.8 Å².